The van der Waals surface area contributed by atoms with Gasteiger partial charge >= 0.3 is 0 Å². The van der Waals surface area contributed by atoms with E-state index in [0.29, 0.717) is 0 Å². The Hall–Kier alpha value is -5.99. The molecule has 0 spiro atoms. The van der Waals surface area contributed by atoms with Gasteiger partial charge in [-0.15, -0.1) is 0 Å². The summed E-state index contributed by atoms with van der Waals surface area (Å²) in [4.78, 5) is 5.37. The van der Waals surface area contributed by atoms with Crippen LogP contribution < -0.4 is 5.32 Å². The van der Waals surface area contributed by atoms with Crippen molar-refractivity contribution in [2.45, 2.75) is 38.8 Å². The molecule has 51 heavy (non-hydrogen) atoms. The van der Waals surface area contributed by atoms with Gasteiger partial charge in [0.05, 0.1) is 5.71 Å². The van der Waals surface area contributed by atoms with Gasteiger partial charge in [-0.3, -0.25) is 4.99 Å². The molecule has 2 aliphatic carbocycles. The van der Waals surface area contributed by atoms with E-state index in [4.69, 9.17) is 4.99 Å². The molecule has 0 radical (unpaired) electrons. The number of nitrogens with one attached hydrogen (secondary N) is 1. The maximum Gasteiger partial charge on any atom is 0.145 e. The van der Waals surface area contributed by atoms with Gasteiger partial charge in [0.2, 0.25) is 0 Å². The second-order valence-corrected chi connectivity index (χ2v) is 13.3. The molecule has 2 heteroatoms. The predicted molar refractivity (Wildman–Crippen MR) is 219 cm³/mol. The molecule has 1 aliphatic heterocycles. The highest BCUT2D eigenvalue weighted by atomic mass is 15.1. The van der Waals surface area contributed by atoms with Crippen LogP contribution in [0.5, 0.6) is 0 Å². The molecule has 4 aromatic carbocycles. The monoisotopic (exact) mass is 660 g/mol. The highest BCUT2D eigenvalue weighted by molar-refractivity contribution is 6.13. The fourth-order valence-corrected chi connectivity index (χ4v) is 6.94. The maximum absolute atomic E-state index is 5.37. The molecule has 250 valence electrons. The van der Waals surface area contributed by atoms with Crippen LogP contribution in [0.4, 0.5) is 0 Å². The van der Waals surface area contributed by atoms with Crippen LogP contribution in [0.25, 0.3) is 22.4 Å². The number of allylic oxidation sites excluding steroid dienone is 15. The molecule has 0 amide bonds. The fourth-order valence-electron chi connectivity index (χ4n) is 6.94. The SMILES string of the molecule is C=C(C1=CC=CCC1)/C(=C\C=C(/C(=C)C)c1ccccc1)c1cccc(C2N=C(C3=CC=C(c4ccccc4)CC3)C=C(c3ccccc3)N2)c1. The van der Waals surface area contributed by atoms with E-state index < -0.39 is 0 Å². The molecule has 0 saturated heterocycles. The molecule has 3 aliphatic rings. The summed E-state index contributed by atoms with van der Waals surface area (Å²) in [5, 5.41) is 3.78. The van der Waals surface area contributed by atoms with E-state index >= 15 is 0 Å². The number of rotatable bonds is 10. The number of hydrogen-bond acceptors (Lipinski definition) is 2. The van der Waals surface area contributed by atoms with E-state index in [1.165, 1.54) is 22.3 Å². The molecule has 0 aromatic heterocycles. The summed E-state index contributed by atoms with van der Waals surface area (Å²) in [5.74, 6) is 0. The number of aliphatic imine (C=N–C) groups is 1. The minimum Gasteiger partial charge on any atom is -0.360 e. The average Bonchev–Trinajstić information content (AvgIpc) is 3.20. The molecular weight excluding hydrogens is 617 g/mol. The van der Waals surface area contributed by atoms with Gasteiger partial charge in [-0.2, -0.15) is 0 Å². The van der Waals surface area contributed by atoms with Crippen molar-refractivity contribution in [3.05, 3.63) is 227 Å². The summed E-state index contributed by atoms with van der Waals surface area (Å²) in [7, 11) is 0. The summed E-state index contributed by atoms with van der Waals surface area (Å²) in [6, 6.07) is 40.5. The minimum absolute atomic E-state index is 0.252. The van der Waals surface area contributed by atoms with E-state index in [9.17, 15) is 0 Å². The van der Waals surface area contributed by atoms with Crippen LogP contribution in [0.2, 0.25) is 0 Å². The molecule has 1 heterocycles. The van der Waals surface area contributed by atoms with Crippen molar-refractivity contribution in [3.8, 4) is 0 Å². The molecule has 0 saturated carbocycles. The zero-order valence-corrected chi connectivity index (χ0v) is 29.4. The third-order valence-corrected chi connectivity index (χ3v) is 9.75. The zero-order chi connectivity index (χ0) is 35.0. The second-order valence-electron chi connectivity index (χ2n) is 13.3. The molecule has 4 aromatic rings. The highest BCUT2D eigenvalue weighted by Crippen LogP contribution is 2.36. The predicted octanol–water partition coefficient (Wildman–Crippen LogP) is 12.4. The Labute approximate surface area is 303 Å². The van der Waals surface area contributed by atoms with Gasteiger partial charge in [0, 0.05) is 5.70 Å². The summed E-state index contributed by atoms with van der Waals surface area (Å²) in [6.45, 7) is 11.0. The lowest BCUT2D eigenvalue weighted by molar-refractivity contribution is 0.663. The molecule has 7 rings (SSSR count). The Morgan fingerprint density at radius 1 is 0.686 bits per heavy atom. The van der Waals surface area contributed by atoms with Crippen molar-refractivity contribution in [1.29, 1.82) is 0 Å². The van der Waals surface area contributed by atoms with Gasteiger partial charge in [0.1, 0.15) is 6.17 Å². The van der Waals surface area contributed by atoms with Gasteiger partial charge in [-0.05, 0) is 106 Å². The van der Waals surface area contributed by atoms with Crippen molar-refractivity contribution < 1.29 is 0 Å². The van der Waals surface area contributed by atoms with Gasteiger partial charge in [0.15, 0.2) is 0 Å². The maximum atomic E-state index is 5.37. The minimum atomic E-state index is -0.252. The van der Waals surface area contributed by atoms with Crippen molar-refractivity contribution in [2.75, 3.05) is 0 Å². The first-order chi connectivity index (χ1) is 25.0. The summed E-state index contributed by atoms with van der Waals surface area (Å²) in [5.41, 5.74) is 16.1. The van der Waals surface area contributed by atoms with Crippen molar-refractivity contribution in [3.63, 3.8) is 0 Å². The lowest BCUT2D eigenvalue weighted by atomic mass is 9.87. The first-order valence-electron chi connectivity index (χ1n) is 17.9. The quantitative estimate of drug-likeness (QED) is 0.168. The Morgan fingerprint density at radius 2 is 1.33 bits per heavy atom. The van der Waals surface area contributed by atoms with E-state index in [1.54, 1.807) is 0 Å². The molecule has 1 atom stereocenters. The van der Waals surface area contributed by atoms with Crippen molar-refractivity contribution in [2.24, 2.45) is 4.99 Å². The van der Waals surface area contributed by atoms with Crippen LogP contribution >= 0.6 is 0 Å². The Kier molecular flexibility index (Phi) is 10.3. The highest BCUT2D eigenvalue weighted by Gasteiger charge is 2.23. The molecule has 2 nitrogen and oxygen atoms in total. The molecule has 1 N–H and O–H groups in total. The summed E-state index contributed by atoms with van der Waals surface area (Å²) < 4.78 is 0. The first kappa shape index (κ1) is 33.5. The third-order valence-electron chi connectivity index (χ3n) is 9.75. The van der Waals surface area contributed by atoms with E-state index in [1.807, 2.05) is 6.07 Å². The van der Waals surface area contributed by atoms with Gasteiger partial charge in [-0.1, -0.05) is 170 Å². The standard InChI is InChI=1S/C49H44N2/c1-35(2)45(40-21-12-6-13-22-40)31-32-46(36(3)37-17-8-4-9-18-37)43-25-16-26-44(33-43)49-50-47(41-23-14-7-15-24-41)34-48(51-49)42-29-27-39(28-30-42)38-19-10-5-11-20-38/h4-8,10-17,19-27,29,31-34,49-50H,1,3,9,18,28,30H2,2H3/b45-31+,46-32+. The van der Waals surface area contributed by atoms with Crippen LogP contribution in [-0.4, -0.2) is 5.71 Å². The van der Waals surface area contributed by atoms with E-state index in [0.717, 1.165) is 81.6 Å². The number of hydrogen-bond donors (Lipinski definition) is 1. The normalized spacial score (nSPS) is 17.7. The van der Waals surface area contributed by atoms with Gasteiger partial charge in [-0.25, -0.2) is 0 Å². The smallest absolute Gasteiger partial charge is 0.145 e. The first-order valence-corrected chi connectivity index (χ1v) is 17.9. The Bertz CT molecular complexity index is 2180. The molecule has 0 bridgehead atoms. The number of nitrogens with zero attached hydrogens (tertiary/aromatic N) is 1. The number of benzene rings is 4. The Morgan fingerprint density at radius 3 is 2.00 bits per heavy atom. The Balaban J connectivity index is 1.28. The molecule has 0 fully saturated rings. The molecular formula is C49H44N2. The second kappa shape index (κ2) is 15.7. The van der Waals surface area contributed by atoms with Gasteiger partial charge < -0.3 is 5.32 Å². The zero-order valence-electron chi connectivity index (χ0n) is 29.4. The van der Waals surface area contributed by atoms with Crippen LogP contribution in [0.3, 0.4) is 0 Å². The summed E-state index contributed by atoms with van der Waals surface area (Å²) >= 11 is 0. The lowest BCUT2D eigenvalue weighted by Gasteiger charge is -2.27. The topological polar surface area (TPSA) is 24.4 Å². The van der Waals surface area contributed by atoms with Crippen LogP contribution in [0.1, 0.15) is 66.6 Å². The van der Waals surface area contributed by atoms with E-state index in [2.05, 4.69) is 183 Å². The largest absolute Gasteiger partial charge is 0.360 e. The lowest BCUT2D eigenvalue weighted by Crippen LogP contribution is -2.25. The summed E-state index contributed by atoms with van der Waals surface area (Å²) in [6.07, 6.45) is 21.4. The fraction of sp³-hybridized carbons (Fsp3) is 0.122. The van der Waals surface area contributed by atoms with Crippen molar-refractivity contribution in [1.82, 2.24) is 5.32 Å². The van der Waals surface area contributed by atoms with Crippen molar-refractivity contribution >= 4 is 28.1 Å². The third kappa shape index (κ3) is 7.92. The molecule has 1 unspecified atom stereocenters. The van der Waals surface area contributed by atoms with Crippen LogP contribution in [0, 0.1) is 0 Å². The average molecular weight is 661 g/mol. The van der Waals surface area contributed by atoms with Crippen LogP contribution in [0.15, 0.2) is 204 Å². The van der Waals surface area contributed by atoms with Crippen LogP contribution in [-0.2, 0) is 0 Å². The van der Waals surface area contributed by atoms with E-state index in [-0.39, 0.29) is 6.17 Å². The van der Waals surface area contributed by atoms with Gasteiger partial charge in [0.25, 0.3) is 0 Å².